The van der Waals surface area contributed by atoms with Crippen LogP contribution in [0, 0.1) is 50.2 Å². The van der Waals surface area contributed by atoms with Crippen molar-refractivity contribution in [2.45, 2.75) is 266 Å². The lowest BCUT2D eigenvalue weighted by Crippen LogP contribution is -2.67. The number of ether oxygens (including phenoxy) is 10. The molecule has 3 saturated carbocycles. The predicted molar refractivity (Wildman–Crippen MR) is 297 cm³/mol. The molecule has 0 aromatic rings. The molecule has 18 N–H and O–H groups in total. The first-order chi connectivity index (χ1) is 41.1. The van der Waals surface area contributed by atoms with Crippen molar-refractivity contribution >= 4 is 0 Å². The first-order valence-electron chi connectivity index (χ1n) is 31.1. The highest BCUT2D eigenvalue weighted by Crippen LogP contribution is 2.75. The first-order valence-corrected chi connectivity index (χ1v) is 31.1. The summed E-state index contributed by atoms with van der Waals surface area (Å²) >= 11 is 0. The van der Waals surface area contributed by atoms with Crippen LogP contribution in [0.3, 0.4) is 0 Å². The Morgan fingerprint density at radius 3 is 1.52 bits per heavy atom. The van der Waals surface area contributed by atoms with Crippen molar-refractivity contribution in [2.24, 2.45) is 50.2 Å². The van der Waals surface area contributed by atoms with Gasteiger partial charge < -0.3 is 139 Å². The number of hydrogen-bond acceptors (Lipinski definition) is 28. The van der Waals surface area contributed by atoms with Crippen LogP contribution in [0.5, 0.6) is 0 Å². The summed E-state index contributed by atoms with van der Waals surface area (Å²) in [5.41, 5.74) is -3.13. The van der Waals surface area contributed by atoms with Gasteiger partial charge in [-0.3, -0.25) is 0 Å². The molecule has 28 nitrogen and oxygen atoms in total. The molecule has 506 valence electrons. The lowest BCUT2D eigenvalue weighted by molar-refractivity contribution is -0.373. The molecule has 0 unspecified atom stereocenters. The second kappa shape index (κ2) is 25.5. The lowest BCUT2D eigenvalue weighted by atomic mass is 9.34. The second-order valence-corrected chi connectivity index (χ2v) is 28.9. The smallest absolute Gasteiger partial charge is 0.187 e. The molecule has 5 saturated heterocycles. The van der Waals surface area contributed by atoms with Crippen molar-refractivity contribution in [1.82, 2.24) is 0 Å². The summed E-state index contributed by atoms with van der Waals surface area (Å²) in [6.45, 7) is 13.3. The van der Waals surface area contributed by atoms with Crippen LogP contribution in [0.4, 0.5) is 0 Å². The number of rotatable bonds is 15. The fourth-order valence-corrected chi connectivity index (χ4v) is 17.4. The van der Waals surface area contributed by atoms with E-state index in [2.05, 4.69) is 46.8 Å². The van der Waals surface area contributed by atoms with E-state index < -0.39 is 238 Å². The van der Waals surface area contributed by atoms with Gasteiger partial charge in [0.2, 0.25) is 0 Å². The summed E-state index contributed by atoms with van der Waals surface area (Å²) in [7, 11) is 0. The Morgan fingerprint density at radius 2 is 0.966 bits per heavy atom. The highest BCUT2D eigenvalue weighted by Gasteiger charge is 2.70. The molecule has 0 aromatic carbocycles. The minimum absolute atomic E-state index is 0.0465. The van der Waals surface area contributed by atoms with Crippen molar-refractivity contribution in [1.29, 1.82) is 0 Å². The molecule has 10 aliphatic rings. The van der Waals surface area contributed by atoms with Crippen molar-refractivity contribution in [2.75, 3.05) is 33.0 Å². The van der Waals surface area contributed by atoms with E-state index in [9.17, 15) is 91.9 Å². The Labute approximate surface area is 510 Å². The van der Waals surface area contributed by atoms with Gasteiger partial charge in [-0.05, 0) is 84.9 Å². The van der Waals surface area contributed by atoms with Gasteiger partial charge in [-0.1, -0.05) is 72.3 Å². The van der Waals surface area contributed by atoms with Gasteiger partial charge in [-0.25, -0.2) is 0 Å². The first kappa shape index (κ1) is 69.2. The highest BCUT2D eigenvalue weighted by molar-refractivity contribution is 5.42. The lowest BCUT2D eigenvalue weighted by Gasteiger charge is -2.70. The van der Waals surface area contributed by atoms with Gasteiger partial charge >= 0.3 is 0 Å². The summed E-state index contributed by atoms with van der Waals surface area (Å²) in [5.74, 6) is -0.369. The van der Waals surface area contributed by atoms with E-state index in [0.29, 0.717) is 25.7 Å². The number of aliphatic hydroxyl groups excluding tert-OH is 18. The van der Waals surface area contributed by atoms with E-state index in [1.807, 2.05) is 19.9 Å². The molecule has 0 amide bonds. The molecule has 5 aliphatic heterocycles. The molecule has 8 fully saturated rings. The van der Waals surface area contributed by atoms with Crippen LogP contribution in [0.2, 0.25) is 0 Å². The SMILES string of the molecule is C[C@@H]1O[C@@H](O[C@H]2[C@H](OC[C@@]34C=C[C@]5(C)C(=CC[C@@H]6[C@@]7(C)CC[C@H](O[C@@H]8O[C@H](CO[C@@H]9O[C@H](CO)[C@@H](O)[C@H](O)[C@H]9O)[C@@H](O)[C@H](O)[C@H]8O)C(C)(C)[C@@H]7CC[C@]65C)[C@@H]3CC(C)(C)[C@@H](O)[C@@H]4O)O[C@H](CO[C@@H]3O[C@H](CO)[C@@H](O)[C@H](O)[C@H]3O)[C@@H](O)[C@@H]2O)[C@H](O)[C@H](O)[C@H]1O. The maximum Gasteiger partial charge on any atom is 0.187 e. The van der Waals surface area contributed by atoms with Crippen LogP contribution < -0.4 is 0 Å². The normalized spacial score (nSPS) is 55.2. The van der Waals surface area contributed by atoms with Gasteiger partial charge in [0, 0.05) is 10.8 Å². The van der Waals surface area contributed by atoms with E-state index in [0.717, 1.165) is 18.4 Å². The summed E-state index contributed by atoms with van der Waals surface area (Å²) in [4.78, 5) is 0. The number of hydrogen-bond donors (Lipinski definition) is 18. The minimum Gasteiger partial charge on any atom is -0.394 e. The van der Waals surface area contributed by atoms with E-state index in [1.54, 1.807) is 0 Å². The summed E-state index contributed by atoms with van der Waals surface area (Å²) in [6, 6.07) is 0. The third kappa shape index (κ3) is 11.4. The standard InChI is InChI=1S/C60H98O28/c1-23-33(63)38(68)45(75)52(82-23)88-47-42(72)37(67)29(21-80-51-44(74)40(70)35(65)27(19-62)84-51)86-54(47)81-22-60-16-15-58(7)24(25(60)17-55(2,3)48(77)49(60)78)9-10-31-57(6)13-12-32(56(4,5)30(57)11-14-59(31,58)8)87-53-46(76)41(71)36(66)28(85-53)20-79-50-43(73)39(69)34(64)26(18-61)83-50/h9,15-16,23,25-54,61-78H,10-14,17-22H2,1-8H3/t23-,25-,26+,27+,28+,29+,30-,31+,32-,33-,34+,35+,36+,37+,38+,39-,40-,41-,42-,43+,44+,45+,46+,47+,48-,49-,50+,51+,52-,53-,54+,57-,58+,59+,60-/m0/s1. The third-order valence-electron chi connectivity index (χ3n) is 23.2. The fourth-order valence-electron chi connectivity index (χ4n) is 17.4. The van der Waals surface area contributed by atoms with E-state index in [1.165, 1.54) is 6.92 Å². The molecule has 28 heteroatoms. The van der Waals surface area contributed by atoms with Crippen LogP contribution in [0.1, 0.15) is 93.9 Å². The molecule has 88 heavy (non-hydrogen) atoms. The zero-order valence-corrected chi connectivity index (χ0v) is 51.0. The molecule has 0 spiro atoms. The Hall–Kier alpha value is -1.64. The molecule has 0 bridgehead atoms. The van der Waals surface area contributed by atoms with Crippen molar-refractivity contribution in [3.8, 4) is 0 Å². The fraction of sp³-hybridized carbons (Fsp3) is 0.933. The zero-order chi connectivity index (χ0) is 64.4. The van der Waals surface area contributed by atoms with Crippen LogP contribution in [-0.4, -0.2) is 297 Å². The molecule has 5 heterocycles. The maximum absolute atomic E-state index is 12.7. The molecule has 35 atom stereocenters. The third-order valence-corrected chi connectivity index (χ3v) is 23.2. The topological polar surface area (TPSA) is 456 Å². The van der Waals surface area contributed by atoms with Gasteiger partial charge in [0.15, 0.2) is 31.5 Å². The van der Waals surface area contributed by atoms with E-state index in [-0.39, 0.29) is 17.3 Å². The predicted octanol–water partition coefficient (Wildman–Crippen LogP) is -4.99. The monoisotopic (exact) mass is 1270 g/mol. The summed E-state index contributed by atoms with van der Waals surface area (Å²) < 4.78 is 60.1. The Morgan fingerprint density at radius 1 is 0.477 bits per heavy atom. The van der Waals surface area contributed by atoms with Gasteiger partial charge in [0.05, 0.1) is 57.5 Å². The molecule has 0 radical (unpaired) electrons. The van der Waals surface area contributed by atoms with Crippen LogP contribution >= 0.6 is 0 Å². The Balaban J connectivity index is 0.890. The number of aliphatic hydroxyl groups is 18. The molecule has 0 aromatic heterocycles. The van der Waals surface area contributed by atoms with Crippen molar-refractivity contribution in [3.05, 3.63) is 23.8 Å². The van der Waals surface area contributed by atoms with Crippen LogP contribution in [0.15, 0.2) is 23.8 Å². The minimum atomic E-state index is -1.93. The largest absolute Gasteiger partial charge is 0.394 e. The average molecular weight is 1270 g/mol. The summed E-state index contributed by atoms with van der Waals surface area (Å²) in [5, 5.41) is 196. The van der Waals surface area contributed by atoms with Gasteiger partial charge in [0.25, 0.3) is 0 Å². The molecule has 5 aliphatic carbocycles. The molecular formula is C60H98O28. The van der Waals surface area contributed by atoms with E-state index in [4.69, 9.17) is 47.4 Å². The summed E-state index contributed by atoms with van der Waals surface area (Å²) in [6.07, 6.45) is -34.0. The van der Waals surface area contributed by atoms with Gasteiger partial charge in [-0.15, -0.1) is 0 Å². The van der Waals surface area contributed by atoms with E-state index >= 15 is 0 Å². The molecule has 10 rings (SSSR count). The van der Waals surface area contributed by atoms with Crippen LogP contribution in [-0.2, 0) is 47.4 Å². The zero-order valence-electron chi connectivity index (χ0n) is 51.0. The van der Waals surface area contributed by atoms with Gasteiger partial charge in [0.1, 0.15) is 116 Å². The quantitative estimate of drug-likeness (QED) is 0.0539. The van der Waals surface area contributed by atoms with Gasteiger partial charge in [-0.2, -0.15) is 0 Å². The van der Waals surface area contributed by atoms with Crippen LogP contribution in [0.25, 0.3) is 0 Å². The number of fused-ring (bicyclic) bond motifs is 7. The Bertz CT molecular complexity index is 2450. The second-order valence-electron chi connectivity index (χ2n) is 28.9. The number of allylic oxidation sites excluding steroid dienone is 3. The Kier molecular flexibility index (Phi) is 20.0. The molecular weight excluding hydrogens is 1170 g/mol. The average Bonchev–Trinajstić information content (AvgIpc) is 0.755. The van der Waals surface area contributed by atoms with Crippen molar-refractivity contribution < 1.29 is 139 Å². The highest BCUT2D eigenvalue weighted by atomic mass is 16.8. The maximum atomic E-state index is 12.7. The van der Waals surface area contributed by atoms with Crippen molar-refractivity contribution in [3.63, 3.8) is 0 Å².